The first-order valence-electron chi connectivity index (χ1n) is 8.64. The van der Waals surface area contributed by atoms with Gasteiger partial charge in [-0.2, -0.15) is 0 Å². The molecule has 3 aromatic rings. The van der Waals surface area contributed by atoms with Crippen molar-refractivity contribution in [2.75, 3.05) is 5.01 Å². The Morgan fingerprint density at radius 2 is 1.48 bits per heavy atom. The lowest BCUT2D eigenvalue weighted by molar-refractivity contribution is 0.0957. The Morgan fingerprint density at radius 1 is 0.880 bits per heavy atom. The number of hydrogen-bond acceptors (Lipinski definition) is 3. The van der Waals surface area contributed by atoms with E-state index >= 15 is 0 Å². The molecule has 0 radical (unpaired) electrons. The van der Waals surface area contributed by atoms with E-state index in [1.54, 1.807) is 11.3 Å². The zero-order valence-corrected chi connectivity index (χ0v) is 14.8. The van der Waals surface area contributed by atoms with Crippen LogP contribution in [0.15, 0.2) is 66.7 Å². The van der Waals surface area contributed by atoms with Crippen molar-refractivity contribution in [3.63, 3.8) is 0 Å². The number of aryl methyl sites for hydroxylation is 2. The van der Waals surface area contributed by atoms with E-state index in [4.69, 9.17) is 0 Å². The summed E-state index contributed by atoms with van der Waals surface area (Å²) in [5.74, 6) is -0.0490. The molecule has 1 N–H and O–H groups in total. The van der Waals surface area contributed by atoms with E-state index in [1.807, 2.05) is 65.7 Å². The number of hydrogen-bond donors (Lipinski definition) is 1. The second-order valence-corrected chi connectivity index (χ2v) is 7.35. The summed E-state index contributed by atoms with van der Waals surface area (Å²) in [5, 5.41) is 1.85. The molecule has 126 valence electrons. The van der Waals surface area contributed by atoms with E-state index in [-0.39, 0.29) is 5.91 Å². The molecule has 0 fully saturated rings. The van der Waals surface area contributed by atoms with Crippen LogP contribution in [0.4, 0.5) is 11.4 Å². The molecule has 1 aromatic heterocycles. The normalized spacial score (nSPS) is 13.1. The number of benzene rings is 2. The molecule has 1 aliphatic carbocycles. The summed E-state index contributed by atoms with van der Waals surface area (Å²) in [6.07, 6.45) is 4.66. The van der Waals surface area contributed by atoms with Crippen molar-refractivity contribution < 1.29 is 4.79 Å². The number of amides is 1. The van der Waals surface area contributed by atoms with Gasteiger partial charge in [-0.05, 0) is 61.6 Å². The van der Waals surface area contributed by atoms with Crippen LogP contribution in [0.1, 0.15) is 33.0 Å². The Balaban J connectivity index is 1.62. The first-order chi connectivity index (χ1) is 12.3. The van der Waals surface area contributed by atoms with Crippen molar-refractivity contribution in [3.8, 4) is 0 Å². The number of thiophene rings is 1. The number of para-hydroxylation sites is 2. The van der Waals surface area contributed by atoms with Crippen molar-refractivity contribution in [2.45, 2.75) is 25.7 Å². The number of fused-ring (bicyclic) bond motifs is 1. The van der Waals surface area contributed by atoms with Gasteiger partial charge in [0, 0.05) is 4.88 Å². The molecule has 0 saturated heterocycles. The largest absolute Gasteiger partial charge is 0.280 e. The third-order valence-corrected chi connectivity index (χ3v) is 5.70. The summed E-state index contributed by atoms with van der Waals surface area (Å²) >= 11 is 1.64. The molecule has 0 saturated carbocycles. The van der Waals surface area contributed by atoms with Gasteiger partial charge in [0.05, 0.1) is 16.3 Å². The van der Waals surface area contributed by atoms with Crippen molar-refractivity contribution in [1.82, 2.24) is 5.43 Å². The molecular weight excluding hydrogens is 328 g/mol. The third-order valence-electron chi connectivity index (χ3n) is 4.46. The maximum absolute atomic E-state index is 12.9. The maximum Gasteiger partial charge on any atom is 0.280 e. The highest BCUT2D eigenvalue weighted by molar-refractivity contribution is 7.14. The highest BCUT2D eigenvalue weighted by Crippen LogP contribution is 2.30. The topological polar surface area (TPSA) is 32.3 Å². The number of carbonyl (C=O) groups is 1. The van der Waals surface area contributed by atoms with Gasteiger partial charge in [-0.15, -0.1) is 11.3 Å². The van der Waals surface area contributed by atoms with Crippen LogP contribution in [0.25, 0.3) is 0 Å². The lowest BCUT2D eigenvalue weighted by Gasteiger charge is -2.25. The van der Waals surface area contributed by atoms with E-state index in [1.165, 1.54) is 23.3 Å². The highest BCUT2D eigenvalue weighted by atomic mass is 32.1. The summed E-state index contributed by atoms with van der Waals surface area (Å²) in [4.78, 5) is 15.0. The fourth-order valence-corrected chi connectivity index (χ4v) is 4.33. The van der Waals surface area contributed by atoms with Gasteiger partial charge in [0.25, 0.3) is 5.91 Å². The minimum Gasteiger partial charge on any atom is -0.266 e. The molecule has 0 aliphatic heterocycles. The van der Waals surface area contributed by atoms with E-state index in [0.717, 1.165) is 29.1 Å². The second-order valence-electron chi connectivity index (χ2n) is 6.21. The Morgan fingerprint density at radius 3 is 2.08 bits per heavy atom. The van der Waals surface area contributed by atoms with Crippen LogP contribution >= 0.6 is 11.3 Å². The van der Waals surface area contributed by atoms with Crippen molar-refractivity contribution in [3.05, 3.63) is 82.0 Å². The molecular formula is C21H20N2OS. The quantitative estimate of drug-likeness (QED) is 0.665. The van der Waals surface area contributed by atoms with Gasteiger partial charge in [0.15, 0.2) is 0 Å². The summed E-state index contributed by atoms with van der Waals surface area (Å²) in [5.41, 5.74) is 6.30. The van der Waals surface area contributed by atoms with Gasteiger partial charge in [0.1, 0.15) is 0 Å². The number of anilines is 2. The van der Waals surface area contributed by atoms with Crippen molar-refractivity contribution in [1.29, 1.82) is 0 Å². The van der Waals surface area contributed by atoms with Gasteiger partial charge in [0.2, 0.25) is 0 Å². The maximum atomic E-state index is 12.9. The van der Waals surface area contributed by atoms with Gasteiger partial charge < -0.3 is 0 Å². The average Bonchev–Trinajstić information content (AvgIpc) is 3.12. The van der Waals surface area contributed by atoms with Gasteiger partial charge in [-0.25, -0.2) is 0 Å². The predicted octanol–water partition coefficient (Wildman–Crippen LogP) is 5.11. The number of carbonyl (C=O) groups excluding carboxylic acids is 1. The molecule has 1 amide bonds. The minimum absolute atomic E-state index is 0.0490. The lowest BCUT2D eigenvalue weighted by Crippen LogP contribution is -2.38. The van der Waals surface area contributed by atoms with Crippen LogP contribution in [0.2, 0.25) is 0 Å². The Labute approximate surface area is 151 Å². The van der Waals surface area contributed by atoms with Gasteiger partial charge >= 0.3 is 0 Å². The number of rotatable bonds is 4. The molecule has 4 heteroatoms. The third kappa shape index (κ3) is 3.44. The van der Waals surface area contributed by atoms with E-state index in [2.05, 4.69) is 11.5 Å². The molecule has 0 unspecified atom stereocenters. The number of nitrogens with zero attached hydrogens (tertiary/aromatic N) is 1. The smallest absolute Gasteiger partial charge is 0.266 e. The first kappa shape index (κ1) is 15.9. The Hall–Kier alpha value is -2.59. The highest BCUT2D eigenvalue weighted by Gasteiger charge is 2.19. The number of nitrogens with one attached hydrogen (secondary N) is 1. The molecule has 25 heavy (non-hydrogen) atoms. The summed E-state index contributed by atoms with van der Waals surface area (Å²) in [6, 6.07) is 21.9. The zero-order valence-electron chi connectivity index (χ0n) is 13.9. The fraction of sp³-hybridized carbons (Fsp3) is 0.190. The summed E-state index contributed by atoms with van der Waals surface area (Å²) < 4.78 is 0. The van der Waals surface area contributed by atoms with Crippen molar-refractivity contribution >= 4 is 28.6 Å². The van der Waals surface area contributed by atoms with Crippen LogP contribution in [0.3, 0.4) is 0 Å². The second kappa shape index (κ2) is 7.11. The van der Waals surface area contributed by atoms with Gasteiger partial charge in [-0.1, -0.05) is 36.4 Å². The minimum atomic E-state index is -0.0490. The molecule has 1 heterocycles. The predicted molar refractivity (Wildman–Crippen MR) is 103 cm³/mol. The van der Waals surface area contributed by atoms with Crippen molar-refractivity contribution in [2.24, 2.45) is 0 Å². The van der Waals surface area contributed by atoms with Crippen LogP contribution in [-0.2, 0) is 12.8 Å². The average molecular weight is 348 g/mol. The van der Waals surface area contributed by atoms with E-state index in [0.29, 0.717) is 0 Å². The summed E-state index contributed by atoms with van der Waals surface area (Å²) in [6.45, 7) is 0. The lowest BCUT2D eigenvalue weighted by atomic mass is 9.99. The molecule has 0 atom stereocenters. The van der Waals surface area contributed by atoms with E-state index < -0.39 is 0 Å². The summed E-state index contributed by atoms with van der Waals surface area (Å²) in [7, 11) is 0. The molecule has 2 aromatic carbocycles. The van der Waals surface area contributed by atoms with Crippen LogP contribution < -0.4 is 10.4 Å². The first-order valence-corrected chi connectivity index (χ1v) is 9.46. The standard InChI is InChI=1S/C21H20N2OS/c24-21(20-15-16-9-7-8-14-19(16)25-20)22-23(17-10-3-1-4-11-17)18-12-5-2-6-13-18/h1-6,10-13,15H,7-9,14H2,(H,22,24). The Kier molecular flexibility index (Phi) is 4.53. The molecule has 1 aliphatic rings. The van der Waals surface area contributed by atoms with Gasteiger partial charge in [-0.3, -0.25) is 15.2 Å². The van der Waals surface area contributed by atoms with E-state index in [9.17, 15) is 4.79 Å². The molecule has 4 rings (SSSR count). The Bertz CT molecular complexity index is 795. The van der Waals surface area contributed by atoms with Crippen LogP contribution in [0, 0.1) is 0 Å². The zero-order chi connectivity index (χ0) is 17.1. The van der Waals surface area contributed by atoms with Crippen LogP contribution in [-0.4, -0.2) is 5.91 Å². The monoisotopic (exact) mass is 348 g/mol. The molecule has 0 spiro atoms. The van der Waals surface area contributed by atoms with Crippen LogP contribution in [0.5, 0.6) is 0 Å². The number of hydrazine groups is 1. The molecule has 3 nitrogen and oxygen atoms in total. The fourth-order valence-electron chi connectivity index (χ4n) is 3.19. The SMILES string of the molecule is O=C(NN(c1ccccc1)c1ccccc1)c1cc2c(s1)CCCC2. The molecule has 0 bridgehead atoms.